The Hall–Kier alpha value is -3.53. The predicted molar refractivity (Wildman–Crippen MR) is 102 cm³/mol. The number of nitrogens with two attached hydrogens (primary N) is 1. The number of nitrogens with zero attached hydrogens (tertiary/aromatic N) is 1. The Bertz CT molecular complexity index is 991. The topological polar surface area (TPSA) is 140 Å². The number of hydrogen-bond acceptors (Lipinski definition) is 6. The van der Waals surface area contributed by atoms with E-state index in [0.29, 0.717) is 22.3 Å². The molecule has 9 nitrogen and oxygen atoms in total. The number of ether oxygens (including phenoxy) is 1. The van der Waals surface area contributed by atoms with E-state index in [1.807, 2.05) is 0 Å². The molecule has 0 spiro atoms. The molecule has 0 aliphatic rings. The molecule has 3 aromatic rings. The molecule has 2 heterocycles. The van der Waals surface area contributed by atoms with E-state index in [2.05, 4.69) is 21.4 Å². The van der Waals surface area contributed by atoms with Crippen LogP contribution in [0.4, 0.5) is 31.2 Å². The van der Waals surface area contributed by atoms with Crippen LogP contribution in [-0.4, -0.2) is 28.9 Å². The molecule has 0 fully saturated rings. The fourth-order valence-electron chi connectivity index (χ4n) is 2.14. The van der Waals surface area contributed by atoms with Crippen LogP contribution in [0.2, 0.25) is 5.02 Å². The van der Waals surface area contributed by atoms with Crippen LogP contribution in [-0.2, 0) is 4.74 Å². The number of carbonyl (C=O) groups excluding carboxylic acids is 1. The summed E-state index contributed by atoms with van der Waals surface area (Å²) in [5.74, 6) is -0.356. The van der Waals surface area contributed by atoms with Gasteiger partial charge in [0.1, 0.15) is 11.5 Å². The quantitative estimate of drug-likeness (QED) is 0.494. The maximum atomic E-state index is 13.3. The number of hydrogen-bond donors (Lipinski definition) is 4. The third-order valence-corrected chi connectivity index (χ3v) is 3.46. The van der Waals surface area contributed by atoms with Gasteiger partial charge in [-0.05, 0) is 31.2 Å². The second-order valence-electron chi connectivity index (χ2n) is 5.12. The van der Waals surface area contributed by atoms with Gasteiger partial charge < -0.3 is 25.3 Å². The monoisotopic (exact) mass is 410 g/mol. The van der Waals surface area contributed by atoms with Gasteiger partial charge in [0.05, 0.1) is 17.8 Å². The molecular formula is C17H16ClFN4O5. The van der Waals surface area contributed by atoms with Crippen LogP contribution in [0.5, 0.6) is 0 Å². The summed E-state index contributed by atoms with van der Waals surface area (Å²) in [4.78, 5) is 24.4. The van der Waals surface area contributed by atoms with E-state index in [1.54, 1.807) is 19.2 Å². The number of primary amides is 1. The lowest BCUT2D eigenvalue weighted by Crippen LogP contribution is -2.13. The van der Waals surface area contributed by atoms with Crippen LogP contribution in [0.1, 0.15) is 6.92 Å². The van der Waals surface area contributed by atoms with Crippen molar-refractivity contribution in [2.75, 3.05) is 17.2 Å². The summed E-state index contributed by atoms with van der Waals surface area (Å²) in [5, 5.41) is 13.5. The Morgan fingerprint density at radius 1 is 1.39 bits per heavy atom. The van der Waals surface area contributed by atoms with E-state index in [9.17, 15) is 9.18 Å². The highest BCUT2D eigenvalue weighted by atomic mass is 35.5. The number of benzene rings is 1. The maximum Gasteiger partial charge on any atom is 0.414 e. The van der Waals surface area contributed by atoms with Crippen molar-refractivity contribution in [1.29, 1.82) is 0 Å². The van der Waals surface area contributed by atoms with Gasteiger partial charge in [0.25, 0.3) is 0 Å². The normalized spacial score (nSPS) is 9.96. The molecule has 1 aromatic carbocycles. The third kappa shape index (κ3) is 5.48. The molecule has 5 N–H and O–H groups in total. The first-order valence-electron chi connectivity index (χ1n) is 7.82. The molecule has 0 bridgehead atoms. The van der Waals surface area contributed by atoms with Crippen LogP contribution in [0, 0.1) is 5.82 Å². The molecule has 0 atom stereocenters. The summed E-state index contributed by atoms with van der Waals surface area (Å²) in [6.07, 6.45) is 1.13. The standard InChI is InChI=1S/C16H13ClFN3O3.CH3NO2/c1-2-23-16(22)21-15-14(10-5-6-19-8-13(10)24-15)20-9-3-4-12(18)11(17)7-9;2-1(3)4/h3-8,20H,2H2,1H3,(H,21,22);2H2,(H,3,4). The second kappa shape index (κ2) is 9.42. The molecule has 0 saturated carbocycles. The Labute approximate surface area is 163 Å². The van der Waals surface area contributed by atoms with Gasteiger partial charge >= 0.3 is 12.2 Å². The smallest absolute Gasteiger partial charge is 0.414 e. The molecular weight excluding hydrogens is 395 g/mol. The molecule has 2 amide bonds. The van der Waals surface area contributed by atoms with Crippen molar-refractivity contribution in [2.24, 2.45) is 5.73 Å². The van der Waals surface area contributed by atoms with E-state index in [4.69, 9.17) is 30.7 Å². The summed E-state index contributed by atoms with van der Waals surface area (Å²) in [7, 11) is 0. The number of pyridine rings is 1. The Balaban J connectivity index is 0.000000640. The fourth-order valence-corrected chi connectivity index (χ4v) is 2.32. The zero-order valence-corrected chi connectivity index (χ0v) is 15.3. The van der Waals surface area contributed by atoms with E-state index in [0.717, 1.165) is 0 Å². The van der Waals surface area contributed by atoms with E-state index in [-0.39, 0.29) is 17.5 Å². The Morgan fingerprint density at radius 3 is 2.75 bits per heavy atom. The minimum atomic E-state index is -1.33. The minimum absolute atomic E-state index is 0.0191. The van der Waals surface area contributed by atoms with Crippen LogP contribution in [0.15, 0.2) is 41.1 Å². The zero-order valence-electron chi connectivity index (χ0n) is 14.5. The van der Waals surface area contributed by atoms with Crippen molar-refractivity contribution in [3.05, 3.63) is 47.5 Å². The number of carboxylic acid groups (broad SMARTS) is 1. The van der Waals surface area contributed by atoms with Crippen molar-refractivity contribution in [3.63, 3.8) is 0 Å². The highest BCUT2D eigenvalue weighted by Gasteiger charge is 2.17. The first-order valence-corrected chi connectivity index (χ1v) is 8.20. The number of aromatic nitrogens is 1. The van der Waals surface area contributed by atoms with Gasteiger partial charge in [-0.25, -0.2) is 14.0 Å². The van der Waals surface area contributed by atoms with E-state index in [1.165, 1.54) is 24.4 Å². The van der Waals surface area contributed by atoms with E-state index >= 15 is 0 Å². The predicted octanol–water partition coefficient (Wildman–Crippen LogP) is 4.56. The van der Waals surface area contributed by atoms with Gasteiger partial charge in [-0.2, -0.15) is 0 Å². The summed E-state index contributed by atoms with van der Waals surface area (Å²) in [6.45, 7) is 1.92. The van der Waals surface area contributed by atoms with Gasteiger partial charge in [0, 0.05) is 17.3 Å². The summed E-state index contributed by atoms with van der Waals surface area (Å²) < 4.78 is 23.8. The number of nitrogens with one attached hydrogen (secondary N) is 2. The first kappa shape index (κ1) is 20.8. The summed E-state index contributed by atoms with van der Waals surface area (Å²) in [6, 6.07) is 5.93. The number of carbonyl (C=O) groups is 2. The van der Waals surface area contributed by atoms with Crippen molar-refractivity contribution in [3.8, 4) is 0 Å². The maximum absolute atomic E-state index is 13.3. The molecule has 28 heavy (non-hydrogen) atoms. The van der Waals surface area contributed by atoms with Gasteiger partial charge in [0.15, 0.2) is 5.58 Å². The highest BCUT2D eigenvalue weighted by molar-refractivity contribution is 6.31. The summed E-state index contributed by atoms with van der Waals surface area (Å²) in [5.41, 5.74) is 5.52. The van der Waals surface area contributed by atoms with Crippen LogP contribution in [0.25, 0.3) is 11.0 Å². The molecule has 0 saturated heterocycles. The molecule has 11 heteroatoms. The van der Waals surface area contributed by atoms with Crippen molar-refractivity contribution >= 4 is 52.0 Å². The lowest BCUT2D eigenvalue weighted by Gasteiger charge is -2.09. The lowest BCUT2D eigenvalue weighted by molar-refractivity contribution is 0.167. The second-order valence-corrected chi connectivity index (χ2v) is 5.52. The fraction of sp³-hybridized carbons (Fsp3) is 0.118. The number of halogens is 2. The summed E-state index contributed by atoms with van der Waals surface area (Å²) >= 11 is 5.80. The molecule has 0 aliphatic carbocycles. The van der Waals surface area contributed by atoms with Gasteiger partial charge in [-0.15, -0.1) is 0 Å². The average molecular weight is 411 g/mol. The van der Waals surface area contributed by atoms with Crippen molar-refractivity contribution in [2.45, 2.75) is 6.92 Å². The SMILES string of the molecule is CCOC(=O)Nc1oc2cnccc2c1Nc1ccc(F)c(Cl)c1.NC(=O)O. The number of amides is 2. The van der Waals surface area contributed by atoms with Crippen molar-refractivity contribution in [1.82, 2.24) is 4.98 Å². The van der Waals surface area contributed by atoms with Gasteiger partial charge in [-0.1, -0.05) is 11.6 Å². The Kier molecular flexibility index (Phi) is 6.99. The largest absolute Gasteiger partial charge is 0.465 e. The minimum Gasteiger partial charge on any atom is -0.465 e. The van der Waals surface area contributed by atoms with Crippen LogP contribution < -0.4 is 16.4 Å². The number of fused-ring (bicyclic) bond motifs is 1. The molecule has 0 aliphatic heterocycles. The van der Waals surface area contributed by atoms with Crippen LogP contribution in [0.3, 0.4) is 0 Å². The molecule has 3 rings (SSSR count). The van der Waals surface area contributed by atoms with Gasteiger partial charge in [-0.3, -0.25) is 10.3 Å². The lowest BCUT2D eigenvalue weighted by atomic mass is 10.2. The number of anilines is 3. The zero-order chi connectivity index (χ0) is 20.7. The van der Waals surface area contributed by atoms with Crippen LogP contribution >= 0.6 is 11.6 Å². The molecule has 0 radical (unpaired) electrons. The third-order valence-electron chi connectivity index (χ3n) is 3.17. The van der Waals surface area contributed by atoms with Gasteiger partial charge in [0.2, 0.25) is 5.88 Å². The molecule has 2 aromatic heterocycles. The average Bonchev–Trinajstić information content (AvgIpc) is 2.95. The molecule has 148 valence electrons. The first-order chi connectivity index (χ1) is 13.3. The number of furan rings is 1. The number of rotatable bonds is 4. The Morgan fingerprint density at radius 2 is 2.11 bits per heavy atom. The molecule has 0 unspecified atom stereocenters. The van der Waals surface area contributed by atoms with E-state index < -0.39 is 18.0 Å². The highest BCUT2D eigenvalue weighted by Crippen LogP contribution is 2.37. The van der Waals surface area contributed by atoms with Crippen molar-refractivity contribution < 1.29 is 28.2 Å².